The molecule has 6 rings (SSSR count). The molecular weight excluding hydrogens is 544 g/mol. The van der Waals surface area contributed by atoms with E-state index in [0.717, 1.165) is 12.1 Å². The van der Waals surface area contributed by atoms with Crippen molar-refractivity contribution in [1.82, 2.24) is 0 Å². The number of rotatable bonds is 5. The van der Waals surface area contributed by atoms with Gasteiger partial charge in [0.05, 0.1) is 33.4 Å². The molecule has 208 valence electrons. The lowest BCUT2D eigenvalue weighted by Gasteiger charge is -2.21. The Balaban J connectivity index is 1.67. The van der Waals surface area contributed by atoms with Crippen LogP contribution in [0.1, 0.15) is 33.0 Å². The predicted molar refractivity (Wildman–Crippen MR) is 150 cm³/mol. The molecule has 2 heterocycles. The van der Waals surface area contributed by atoms with E-state index in [0.29, 0.717) is 0 Å². The molecule has 10 heteroatoms. The fraction of sp³-hybridized carbons (Fsp3) is 0.0312. The fourth-order valence-electron chi connectivity index (χ4n) is 4.84. The first-order valence-corrected chi connectivity index (χ1v) is 12.6. The van der Waals surface area contributed by atoms with Crippen LogP contribution in [0.4, 0.5) is 0 Å². The van der Waals surface area contributed by atoms with Crippen LogP contribution in [0, 0.1) is 0 Å². The topological polar surface area (TPSA) is 168 Å². The standard InChI is InChI=1S/C32H20O10/c33-18-12-9-16(10-13-18)25(26-28(36)19-5-1-3-7-23(19)40-31(26)38)27-29(20-6-2-4-8-24(20)41-32(27)39)42-30(37)17-11-14-21(34)22(35)15-17/h1-15,25,33-36H. The van der Waals surface area contributed by atoms with E-state index in [4.69, 9.17) is 13.6 Å². The Morgan fingerprint density at radius 1 is 0.667 bits per heavy atom. The average molecular weight is 565 g/mol. The molecule has 0 saturated carbocycles. The van der Waals surface area contributed by atoms with Gasteiger partial charge >= 0.3 is 17.2 Å². The molecule has 1 unspecified atom stereocenters. The molecule has 4 N–H and O–H groups in total. The Labute approximate surface area is 235 Å². The third-order valence-corrected chi connectivity index (χ3v) is 6.83. The smallest absolute Gasteiger partial charge is 0.344 e. The summed E-state index contributed by atoms with van der Waals surface area (Å²) in [5.41, 5.74) is -2.29. The number of para-hydroxylation sites is 2. The van der Waals surface area contributed by atoms with E-state index in [1.165, 1.54) is 54.6 Å². The molecule has 0 fully saturated rings. The zero-order valence-electron chi connectivity index (χ0n) is 21.5. The van der Waals surface area contributed by atoms with Gasteiger partial charge in [0.1, 0.15) is 22.7 Å². The fourth-order valence-corrected chi connectivity index (χ4v) is 4.84. The van der Waals surface area contributed by atoms with Crippen LogP contribution < -0.4 is 16.0 Å². The van der Waals surface area contributed by atoms with Gasteiger partial charge in [0.2, 0.25) is 0 Å². The van der Waals surface area contributed by atoms with E-state index in [1.807, 2.05) is 0 Å². The van der Waals surface area contributed by atoms with Gasteiger partial charge in [0, 0.05) is 0 Å². The predicted octanol–water partition coefficient (Wildman–Crippen LogP) is 5.12. The zero-order chi connectivity index (χ0) is 29.5. The largest absolute Gasteiger partial charge is 0.508 e. The van der Waals surface area contributed by atoms with Crippen molar-refractivity contribution in [3.63, 3.8) is 0 Å². The number of carbonyl (C=O) groups is 1. The molecule has 42 heavy (non-hydrogen) atoms. The van der Waals surface area contributed by atoms with Gasteiger partial charge < -0.3 is 34.0 Å². The first kappa shape index (κ1) is 26.2. The molecule has 0 aliphatic carbocycles. The van der Waals surface area contributed by atoms with Gasteiger partial charge in [-0.3, -0.25) is 0 Å². The van der Waals surface area contributed by atoms with Crippen molar-refractivity contribution in [2.24, 2.45) is 0 Å². The number of fused-ring (bicyclic) bond motifs is 2. The lowest BCUT2D eigenvalue weighted by molar-refractivity contribution is 0.0734. The molecule has 0 aliphatic rings. The van der Waals surface area contributed by atoms with Gasteiger partial charge in [-0.05, 0) is 60.2 Å². The highest BCUT2D eigenvalue weighted by Gasteiger charge is 2.34. The van der Waals surface area contributed by atoms with Gasteiger partial charge in [0.15, 0.2) is 17.2 Å². The zero-order valence-corrected chi connectivity index (χ0v) is 21.5. The number of hydrogen-bond donors (Lipinski definition) is 4. The number of esters is 1. The van der Waals surface area contributed by atoms with E-state index in [-0.39, 0.29) is 55.7 Å². The van der Waals surface area contributed by atoms with Crippen molar-refractivity contribution in [2.75, 3.05) is 0 Å². The summed E-state index contributed by atoms with van der Waals surface area (Å²) in [5, 5.41) is 41.3. The van der Waals surface area contributed by atoms with Crippen LogP contribution in [0.15, 0.2) is 109 Å². The minimum Gasteiger partial charge on any atom is -0.508 e. The molecule has 4 aromatic carbocycles. The maximum absolute atomic E-state index is 13.7. The third-order valence-electron chi connectivity index (χ3n) is 6.83. The molecule has 0 radical (unpaired) electrons. The van der Waals surface area contributed by atoms with Crippen LogP contribution in [-0.4, -0.2) is 26.4 Å². The first-order chi connectivity index (χ1) is 20.2. The highest BCUT2D eigenvalue weighted by atomic mass is 16.5. The van der Waals surface area contributed by atoms with Gasteiger partial charge in [-0.2, -0.15) is 0 Å². The molecule has 10 nitrogen and oxygen atoms in total. The number of carbonyl (C=O) groups excluding carboxylic acids is 1. The average Bonchev–Trinajstić information content (AvgIpc) is 2.98. The summed E-state index contributed by atoms with van der Waals surface area (Å²) in [6.07, 6.45) is 0. The molecule has 0 saturated heterocycles. The van der Waals surface area contributed by atoms with Crippen molar-refractivity contribution in [1.29, 1.82) is 0 Å². The van der Waals surface area contributed by atoms with Crippen LogP contribution in [0.3, 0.4) is 0 Å². The molecule has 0 aliphatic heterocycles. The van der Waals surface area contributed by atoms with Crippen molar-refractivity contribution in [3.05, 3.63) is 134 Å². The Morgan fingerprint density at radius 3 is 1.93 bits per heavy atom. The second-order valence-electron chi connectivity index (χ2n) is 9.39. The van der Waals surface area contributed by atoms with E-state index in [1.54, 1.807) is 24.3 Å². The normalized spacial score (nSPS) is 11.9. The Bertz CT molecular complexity index is 2120. The Hall–Kier alpha value is -6.03. The molecular formula is C32H20O10. The minimum atomic E-state index is -1.40. The number of hydrogen-bond acceptors (Lipinski definition) is 10. The van der Waals surface area contributed by atoms with Crippen molar-refractivity contribution < 1.29 is 38.8 Å². The van der Waals surface area contributed by atoms with E-state index >= 15 is 0 Å². The Morgan fingerprint density at radius 2 is 1.26 bits per heavy atom. The molecule has 0 bridgehead atoms. The summed E-state index contributed by atoms with van der Waals surface area (Å²) in [6, 6.07) is 21.4. The number of phenolic OH excluding ortho intramolecular Hbond substituents is 3. The summed E-state index contributed by atoms with van der Waals surface area (Å²) in [6.45, 7) is 0. The van der Waals surface area contributed by atoms with Crippen molar-refractivity contribution >= 4 is 27.9 Å². The van der Waals surface area contributed by atoms with Crippen LogP contribution >= 0.6 is 0 Å². The van der Waals surface area contributed by atoms with Gasteiger partial charge in [0.25, 0.3) is 0 Å². The summed E-state index contributed by atoms with van der Waals surface area (Å²) >= 11 is 0. The molecule has 1 atom stereocenters. The molecule has 0 amide bonds. The molecule has 0 spiro atoms. The monoisotopic (exact) mass is 564 g/mol. The SMILES string of the molecule is O=C(Oc1c(C(c2ccc(O)cc2)c2c(O)c3ccccc3oc2=O)c(=O)oc2ccccc12)c1ccc(O)c(O)c1. The van der Waals surface area contributed by atoms with E-state index < -0.39 is 40.4 Å². The third kappa shape index (κ3) is 4.46. The second kappa shape index (κ2) is 10.2. The highest BCUT2D eigenvalue weighted by molar-refractivity contribution is 5.95. The van der Waals surface area contributed by atoms with Gasteiger partial charge in [-0.25, -0.2) is 14.4 Å². The minimum absolute atomic E-state index is 0.0711. The Kier molecular flexibility index (Phi) is 6.35. The van der Waals surface area contributed by atoms with E-state index in [9.17, 15) is 34.8 Å². The summed E-state index contributed by atoms with van der Waals surface area (Å²) in [4.78, 5) is 40.5. The van der Waals surface area contributed by atoms with Crippen LogP contribution in [-0.2, 0) is 0 Å². The number of aromatic hydroxyl groups is 4. The van der Waals surface area contributed by atoms with Gasteiger partial charge in [-0.15, -0.1) is 0 Å². The quantitative estimate of drug-likeness (QED) is 0.125. The number of benzene rings is 4. The maximum Gasteiger partial charge on any atom is 0.344 e. The van der Waals surface area contributed by atoms with Crippen molar-refractivity contribution in [3.8, 4) is 28.7 Å². The first-order valence-electron chi connectivity index (χ1n) is 12.6. The van der Waals surface area contributed by atoms with Gasteiger partial charge in [-0.1, -0.05) is 36.4 Å². The molecule has 6 aromatic rings. The van der Waals surface area contributed by atoms with Crippen molar-refractivity contribution in [2.45, 2.75) is 5.92 Å². The molecule has 2 aromatic heterocycles. The summed E-state index contributed by atoms with van der Waals surface area (Å²) in [7, 11) is 0. The summed E-state index contributed by atoms with van der Waals surface area (Å²) in [5.74, 6) is -4.26. The lowest BCUT2D eigenvalue weighted by Crippen LogP contribution is -2.23. The number of ether oxygens (including phenoxy) is 1. The maximum atomic E-state index is 13.7. The van der Waals surface area contributed by atoms with Crippen LogP contribution in [0.5, 0.6) is 28.7 Å². The second-order valence-corrected chi connectivity index (χ2v) is 9.39. The van der Waals surface area contributed by atoms with Crippen LogP contribution in [0.2, 0.25) is 0 Å². The lowest BCUT2D eigenvalue weighted by atomic mass is 9.84. The summed E-state index contributed by atoms with van der Waals surface area (Å²) < 4.78 is 16.9. The number of phenols is 3. The highest BCUT2D eigenvalue weighted by Crippen LogP contribution is 2.43. The van der Waals surface area contributed by atoms with E-state index in [2.05, 4.69) is 0 Å². The van der Waals surface area contributed by atoms with Crippen LogP contribution in [0.25, 0.3) is 21.9 Å².